The van der Waals surface area contributed by atoms with E-state index in [9.17, 15) is 17.9 Å². The lowest BCUT2D eigenvalue weighted by Crippen LogP contribution is -2.31. The van der Waals surface area contributed by atoms with Gasteiger partial charge in [-0.15, -0.1) is 0 Å². The van der Waals surface area contributed by atoms with Crippen molar-refractivity contribution in [2.45, 2.75) is 10.9 Å². The molecule has 0 fully saturated rings. The molecule has 2 aromatic rings. The Bertz CT molecular complexity index is 722. The molecule has 2 rings (SSSR count). The fraction of sp³-hybridized carbons (Fsp3) is 0.143. The van der Waals surface area contributed by atoms with E-state index >= 15 is 0 Å². The first kappa shape index (κ1) is 16.1. The first-order valence-electron chi connectivity index (χ1n) is 6.07. The van der Waals surface area contributed by atoms with Gasteiger partial charge < -0.3 is 5.11 Å². The van der Waals surface area contributed by atoms with Crippen LogP contribution in [0.25, 0.3) is 0 Å². The van der Waals surface area contributed by atoms with Crippen LogP contribution in [0.5, 0.6) is 0 Å². The van der Waals surface area contributed by atoms with Gasteiger partial charge in [0.15, 0.2) is 0 Å². The molecule has 0 bridgehead atoms. The van der Waals surface area contributed by atoms with Gasteiger partial charge in [-0.25, -0.2) is 17.5 Å². The molecule has 2 N–H and O–H groups in total. The minimum absolute atomic E-state index is 0.0849. The van der Waals surface area contributed by atoms with Gasteiger partial charge in [-0.1, -0.05) is 30.3 Å². The molecule has 0 spiro atoms. The molecule has 0 aliphatic rings. The van der Waals surface area contributed by atoms with Crippen LogP contribution >= 0.6 is 15.9 Å². The minimum atomic E-state index is -3.89. The number of hydrogen-bond donors (Lipinski definition) is 2. The van der Waals surface area contributed by atoms with Crippen LogP contribution in [0.2, 0.25) is 0 Å². The number of aliphatic hydroxyl groups excluding tert-OH is 1. The predicted molar refractivity (Wildman–Crippen MR) is 80.7 cm³/mol. The van der Waals surface area contributed by atoms with Crippen molar-refractivity contribution in [3.8, 4) is 0 Å². The fourth-order valence-electron chi connectivity index (χ4n) is 1.84. The molecule has 7 heteroatoms. The van der Waals surface area contributed by atoms with Crippen molar-refractivity contribution in [3.05, 3.63) is 64.4 Å². The smallest absolute Gasteiger partial charge is 0.242 e. The molecule has 1 atom stereocenters. The van der Waals surface area contributed by atoms with E-state index in [2.05, 4.69) is 20.7 Å². The average molecular weight is 374 g/mol. The van der Waals surface area contributed by atoms with Crippen molar-refractivity contribution < 1.29 is 17.9 Å². The summed E-state index contributed by atoms with van der Waals surface area (Å²) in [7, 11) is -3.89. The van der Waals surface area contributed by atoms with Crippen molar-refractivity contribution >= 4 is 26.0 Å². The summed E-state index contributed by atoms with van der Waals surface area (Å²) in [5.41, 5.74) is 0.641. The van der Waals surface area contributed by atoms with Crippen LogP contribution in [0.4, 0.5) is 4.39 Å². The number of hydrogen-bond acceptors (Lipinski definition) is 3. The van der Waals surface area contributed by atoms with Gasteiger partial charge >= 0.3 is 0 Å². The summed E-state index contributed by atoms with van der Waals surface area (Å²) in [5, 5.41) is 9.40. The molecule has 0 aliphatic heterocycles. The maximum atomic E-state index is 13.0. The molecule has 0 radical (unpaired) electrons. The van der Waals surface area contributed by atoms with E-state index < -0.39 is 21.9 Å². The first-order valence-corrected chi connectivity index (χ1v) is 8.35. The Morgan fingerprint density at radius 2 is 1.86 bits per heavy atom. The Hall–Kier alpha value is -1.28. The molecule has 0 heterocycles. The predicted octanol–water partition coefficient (Wildman–Crippen LogP) is 2.60. The van der Waals surface area contributed by atoms with Crippen molar-refractivity contribution in [3.63, 3.8) is 0 Å². The van der Waals surface area contributed by atoms with Crippen LogP contribution in [0, 0.1) is 5.82 Å². The summed E-state index contributed by atoms with van der Waals surface area (Å²) >= 11 is 3.03. The molecule has 0 saturated heterocycles. The van der Waals surface area contributed by atoms with E-state index in [1.165, 1.54) is 6.07 Å². The number of nitrogens with one attached hydrogen (secondary N) is 1. The van der Waals surface area contributed by atoms with Crippen molar-refractivity contribution in [1.82, 2.24) is 4.72 Å². The third-order valence-corrected chi connectivity index (χ3v) is 5.31. The summed E-state index contributed by atoms with van der Waals surface area (Å²) in [6, 6.07) is 11.3. The van der Waals surface area contributed by atoms with Gasteiger partial charge in [0.25, 0.3) is 0 Å². The van der Waals surface area contributed by atoms with E-state index in [-0.39, 0.29) is 16.0 Å². The highest BCUT2D eigenvalue weighted by atomic mass is 79.9. The molecule has 4 nitrogen and oxygen atoms in total. The van der Waals surface area contributed by atoms with E-state index in [4.69, 9.17) is 0 Å². The largest absolute Gasteiger partial charge is 0.394 e. The van der Waals surface area contributed by atoms with Crippen molar-refractivity contribution in [2.24, 2.45) is 0 Å². The summed E-state index contributed by atoms with van der Waals surface area (Å²) in [5.74, 6) is -0.539. The first-order chi connectivity index (χ1) is 9.94. The summed E-state index contributed by atoms with van der Waals surface area (Å²) in [4.78, 5) is -0.0849. The third kappa shape index (κ3) is 3.88. The fourth-order valence-corrected chi connectivity index (χ4v) is 4.11. The SMILES string of the molecule is O=S(=O)(N[C@@H](CO)c1ccccc1)c1ccc(F)cc1Br. The van der Waals surface area contributed by atoms with Crippen molar-refractivity contribution in [1.29, 1.82) is 0 Å². The molecule has 0 saturated carbocycles. The Kier molecular flexibility index (Phi) is 5.10. The highest BCUT2D eigenvalue weighted by Crippen LogP contribution is 2.24. The number of benzene rings is 2. The molecule has 0 aliphatic carbocycles. The molecular weight excluding hydrogens is 361 g/mol. The van der Waals surface area contributed by atoms with E-state index in [0.29, 0.717) is 5.56 Å². The van der Waals surface area contributed by atoms with Crippen LogP contribution in [-0.4, -0.2) is 20.1 Å². The monoisotopic (exact) mass is 373 g/mol. The average Bonchev–Trinajstić information content (AvgIpc) is 2.45. The standard InChI is InChI=1S/C14H13BrFNO3S/c15-12-8-11(16)6-7-14(12)21(19,20)17-13(9-18)10-4-2-1-3-5-10/h1-8,13,17-18H,9H2/t13-/m0/s1. The van der Waals surface area contributed by atoms with E-state index in [0.717, 1.165) is 12.1 Å². The number of sulfonamides is 1. The van der Waals surface area contributed by atoms with Gasteiger partial charge in [-0.05, 0) is 39.7 Å². The lowest BCUT2D eigenvalue weighted by molar-refractivity contribution is 0.259. The van der Waals surface area contributed by atoms with Crippen molar-refractivity contribution in [2.75, 3.05) is 6.61 Å². The zero-order valence-corrected chi connectivity index (χ0v) is 13.2. The maximum Gasteiger partial charge on any atom is 0.242 e. The molecular formula is C14H13BrFNO3S. The van der Waals surface area contributed by atoms with Crippen LogP contribution in [0.3, 0.4) is 0 Å². The van der Waals surface area contributed by atoms with Gasteiger partial charge in [0, 0.05) is 4.47 Å². The molecule has 21 heavy (non-hydrogen) atoms. The summed E-state index contributed by atoms with van der Waals surface area (Å²) < 4.78 is 40.2. The lowest BCUT2D eigenvalue weighted by atomic mass is 10.1. The Balaban J connectivity index is 2.32. The highest BCUT2D eigenvalue weighted by molar-refractivity contribution is 9.10. The zero-order valence-electron chi connectivity index (χ0n) is 10.8. The number of rotatable bonds is 5. The summed E-state index contributed by atoms with van der Waals surface area (Å²) in [6.45, 7) is -0.387. The normalized spacial score (nSPS) is 13.1. The molecule has 0 aromatic heterocycles. The molecule has 0 unspecified atom stereocenters. The quantitative estimate of drug-likeness (QED) is 0.846. The second kappa shape index (κ2) is 6.65. The zero-order chi connectivity index (χ0) is 15.5. The Morgan fingerprint density at radius 3 is 2.43 bits per heavy atom. The second-order valence-electron chi connectivity index (χ2n) is 4.34. The molecule has 112 valence electrons. The maximum absolute atomic E-state index is 13.0. The van der Waals surface area contributed by atoms with Crippen LogP contribution in [0.15, 0.2) is 57.9 Å². The molecule has 2 aromatic carbocycles. The van der Waals surface area contributed by atoms with E-state index in [1.807, 2.05) is 0 Å². The van der Waals surface area contributed by atoms with Crippen LogP contribution < -0.4 is 4.72 Å². The van der Waals surface area contributed by atoms with Gasteiger partial charge in [0.1, 0.15) is 5.82 Å². The van der Waals surface area contributed by atoms with Crippen LogP contribution in [0.1, 0.15) is 11.6 Å². The molecule has 0 amide bonds. The summed E-state index contributed by atoms with van der Waals surface area (Å²) in [6.07, 6.45) is 0. The Labute approximate surface area is 130 Å². The topological polar surface area (TPSA) is 66.4 Å². The number of aliphatic hydroxyl groups is 1. The highest BCUT2D eigenvalue weighted by Gasteiger charge is 2.23. The minimum Gasteiger partial charge on any atom is -0.394 e. The van der Waals surface area contributed by atoms with Gasteiger partial charge in [-0.2, -0.15) is 0 Å². The Morgan fingerprint density at radius 1 is 1.19 bits per heavy atom. The van der Waals surface area contributed by atoms with Gasteiger partial charge in [0.05, 0.1) is 17.5 Å². The number of halogens is 2. The van der Waals surface area contributed by atoms with E-state index in [1.54, 1.807) is 30.3 Å². The van der Waals surface area contributed by atoms with Gasteiger partial charge in [-0.3, -0.25) is 0 Å². The lowest BCUT2D eigenvalue weighted by Gasteiger charge is -2.17. The third-order valence-electron chi connectivity index (χ3n) is 2.87. The second-order valence-corrected chi connectivity index (χ2v) is 6.88. The van der Waals surface area contributed by atoms with Crippen LogP contribution in [-0.2, 0) is 10.0 Å². The van der Waals surface area contributed by atoms with Gasteiger partial charge in [0.2, 0.25) is 10.0 Å².